The van der Waals surface area contributed by atoms with E-state index in [-0.39, 0.29) is 79.1 Å². The van der Waals surface area contributed by atoms with Crippen LogP contribution in [0.25, 0.3) is 0 Å². The number of carbonyl (C=O) groups is 2. The quantitative estimate of drug-likeness (QED) is 0.308. The van der Waals surface area contributed by atoms with Gasteiger partial charge >= 0.3 is 23.1 Å². The maximum Gasteiger partial charge on any atom is 2.00 e. The predicted molar refractivity (Wildman–Crippen MR) is 76.8 cm³/mol. The van der Waals surface area contributed by atoms with Crippen LogP contribution < -0.4 is 27.2 Å². The molecule has 0 saturated heterocycles. The Kier molecular flexibility index (Phi) is 18.3. The van der Waals surface area contributed by atoms with Crippen LogP contribution in [0.15, 0.2) is 0 Å². The third kappa shape index (κ3) is 8.90. The molecule has 2 aliphatic rings. The zero-order chi connectivity index (χ0) is 14.5. The van der Waals surface area contributed by atoms with E-state index in [1.54, 1.807) is 0 Å². The standard InChI is InChI=1S/C14H20O6.CH4.BrH.Mg.Zn/c15-11(13(17)19-9-5-1-2-6-9)12(16)14(18)20-10-7-3-4-8-10;;;;/h9-12H,1-8H2;1H4;1H;;/q-2;;;+2;/p-1/t11-,12-;;;;/m0..../s1. The molecule has 0 radical (unpaired) electrons. The molecule has 0 aromatic carbocycles. The van der Waals surface area contributed by atoms with Crippen LogP contribution in [0.5, 0.6) is 0 Å². The van der Waals surface area contributed by atoms with Gasteiger partial charge in [-0.3, -0.25) is 9.59 Å². The van der Waals surface area contributed by atoms with Crippen molar-refractivity contribution in [3.05, 3.63) is 0 Å². The first-order valence-electron chi connectivity index (χ1n) is 7.30. The second-order valence-electron chi connectivity index (χ2n) is 5.53. The number of rotatable bonds is 5. The summed E-state index contributed by atoms with van der Waals surface area (Å²) >= 11 is 0. The summed E-state index contributed by atoms with van der Waals surface area (Å²) in [6.07, 6.45) is 1.64. The van der Waals surface area contributed by atoms with Gasteiger partial charge in [-0.15, -0.1) is 0 Å². The van der Waals surface area contributed by atoms with Crippen molar-refractivity contribution in [3.8, 4) is 0 Å². The Hall–Kier alpha value is 0.730. The monoisotopic (exact) mass is 467 g/mol. The maximum absolute atomic E-state index is 11.6. The Balaban J connectivity index is -0.00000110. The molecule has 9 heteroatoms. The fourth-order valence-electron chi connectivity index (χ4n) is 2.72. The molecule has 24 heavy (non-hydrogen) atoms. The van der Waals surface area contributed by atoms with Gasteiger partial charge in [0.25, 0.3) is 11.9 Å². The van der Waals surface area contributed by atoms with Gasteiger partial charge in [0, 0.05) is 19.5 Å². The number of esters is 2. The summed E-state index contributed by atoms with van der Waals surface area (Å²) in [4.78, 5) is 23.1. The van der Waals surface area contributed by atoms with Crippen LogP contribution in [0.1, 0.15) is 58.8 Å². The van der Waals surface area contributed by atoms with E-state index in [2.05, 4.69) is 0 Å². The molecule has 0 aliphatic heterocycles. The summed E-state index contributed by atoms with van der Waals surface area (Å²) in [5, 5.41) is 23.3. The zero-order valence-corrected chi connectivity index (χ0v) is 19.2. The number of carbonyl (C=O) groups excluding carboxylic acids is 2. The molecule has 0 spiro atoms. The van der Waals surface area contributed by atoms with Crippen molar-refractivity contribution in [2.24, 2.45) is 0 Å². The fourth-order valence-corrected chi connectivity index (χ4v) is 2.72. The number of hydrogen-bond donors (Lipinski definition) is 0. The van der Waals surface area contributed by atoms with Gasteiger partial charge in [-0.05, 0) is 63.6 Å². The molecule has 2 atom stereocenters. The first-order chi connectivity index (χ1) is 9.58. The molecule has 2 rings (SSSR count). The van der Waals surface area contributed by atoms with Gasteiger partial charge in [0.15, 0.2) is 0 Å². The van der Waals surface area contributed by atoms with Gasteiger partial charge in [0.1, 0.15) is 12.2 Å². The Morgan fingerprint density at radius 2 is 1.04 bits per heavy atom. The Morgan fingerprint density at radius 3 is 1.29 bits per heavy atom. The smallest absolute Gasteiger partial charge is 1.00 e. The fraction of sp³-hybridized carbons (Fsp3) is 0.867. The van der Waals surface area contributed by atoms with Gasteiger partial charge in [0.2, 0.25) is 0 Å². The molecule has 2 saturated carbocycles. The van der Waals surface area contributed by atoms with Crippen LogP contribution in [0.3, 0.4) is 0 Å². The molecule has 0 amide bonds. The molecule has 0 bridgehead atoms. The number of hydrogen-bond acceptors (Lipinski definition) is 6. The maximum atomic E-state index is 11.6. The third-order valence-corrected chi connectivity index (χ3v) is 3.91. The van der Waals surface area contributed by atoms with Crippen molar-refractivity contribution in [2.75, 3.05) is 0 Å². The molecule has 2 fully saturated rings. The largest absolute Gasteiger partial charge is 2.00 e. The summed E-state index contributed by atoms with van der Waals surface area (Å²) in [6.45, 7) is 0. The second-order valence-corrected chi connectivity index (χ2v) is 5.53. The normalized spacial score (nSPS) is 19.6. The van der Waals surface area contributed by atoms with E-state index in [1.165, 1.54) is 0 Å². The summed E-state index contributed by atoms with van der Waals surface area (Å²) < 4.78 is 9.91. The Morgan fingerprint density at radius 1 is 0.792 bits per heavy atom. The topological polar surface area (TPSA) is 98.7 Å². The van der Waals surface area contributed by atoms with E-state index >= 15 is 0 Å². The molecular formula is C15H24BrMgO6Zn-. The molecular weight excluding hydrogens is 446 g/mol. The minimum atomic E-state index is -2.23. The first-order valence-corrected chi connectivity index (χ1v) is 7.30. The SMILES string of the molecule is C.O=C(OC1CCCC1)[C@@H]([O-])[C@H]([O-])C(=O)OC1CCCC1.[Br-].[Mg+2].[Zn]. The molecule has 0 aromatic heterocycles. The van der Waals surface area contributed by atoms with Gasteiger partial charge in [-0.25, -0.2) is 0 Å². The zero-order valence-electron chi connectivity index (χ0n) is 13.2. The van der Waals surface area contributed by atoms with E-state index in [4.69, 9.17) is 9.47 Å². The van der Waals surface area contributed by atoms with Crippen LogP contribution in [-0.2, 0) is 38.5 Å². The van der Waals surface area contributed by atoms with Crippen LogP contribution in [0.4, 0.5) is 0 Å². The summed E-state index contributed by atoms with van der Waals surface area (Å²) in [5.74, 6) is -2.25. The average molecular weight is 470 g/mol. The Labute approximate surface area is 183 Å². The molecule has 6 nitrogen and oxygen atoms in total. The first kappa shape index (κ1) is 29.5. The van der Waals surface area contributed by atoms with E-state index < -0.39 is 24.1 Å². The summed E-state index contributed by atoms with van der Waals surface area (Å²) in [6, 6.07) is 0. The van der Waals surface area contributed by atoms with E-state index in [0.717, 1.165) is 25.7 Å². The molecule has 2 aliphatic carbocycles. The van der Waals surface area contributed by atoms with Crippen molar-refractivity contribution in [1.29, 1.82) is 0 Å². The average Bonchev–Trinajstić information content (AvgIpc) is 3.10. The molecule has 132 valence electrons. The van der Waals surface area contributed by atoms with Gasteiger partial charge in [-0.1, -0.05) is 7.43 Å². The number of halogens is 1. The van der Waals surface area contributed by atoms with Crippen molar-refractivity contribution in [3.63, 3.8) is 0 Å². The van der Waals surface area contributed by atoms with E-state index in [0.29, 0.717) is 25.7 Å². The van der Waals surface area contributed by atoms with Crippen molar-refractivity contribution >= 4 is 35.0 Å². The molecule has 0 heterocycles. The molecule has 0 aromatic rings. The van der Waals surface area contributed by atoms with Crippen LogP contribution >= 0.6 is 0 Å². The van der Waals surface area contributed by atoms with Gasteiger partial charge < -0.3 is 36.7 Å². The summed E-state index contributed by atoms with van der Waals surface area (Å²) in [5.41, 5.74) is 0. The minimum absolute atomic E-state index is 0. The minimum Gasteiger partial charge on any atom is -1.00 e. The predicted octanol–water partition coefficient (Wildman–Crippen LogP) is -3.33. The second kappa shape index (κ2) is 14.9. The molecule has 0 N–H and O–H groups in total. The molecule has 0 unspecified atom stereocenters. The van der Waals surface area contributed by atoms with Crippen molar-refractivity contribution in [1.82, 2.24) is 0 Å². The van der Waals surface area contributed by atoms with Crippen LogP contribution in [0, 0.1) is 0 Å². The van der Waals surface area contributed by atoms with Crippen molar-refractivity contribution in [2.45, 2.75) is 83.2 Å². The third-order valence-electron chi connectivity index (χ3n) is 3.91. The van der Waals surface area contributed by atoms with E-state index in [9.17, 15) is 19.8 Å². The van der Waals surface area contributed by atoms with Crippen molar-refractivity contribution < 1.29 is 65.7 Å². The Bertz CT molecular complexity index is 328. The van der Waals surface area contributed by atoms with Gasteiger partial charge in [0.05, 0.1) is 0 Å². The van der Waals surface area contributed by atoms with E-state index in [1.807, 2.05) is 0 Å². The summed E-state index contributed by atoms with van der Waals surface area (Å²) in [7, 11) is 0. The number of ether oxygens (including phenoxy) is 2. The van der Waals surface area contributed by atoms with Crippen LogP contribution in [0.2, 0.25) is 0 Å². The van der Waals surface area contributed by atoms with Crippen LogP contribution in [-0.4, -0.2) is 59.4 Å². The van der Waals surface area contributed by atoms with Gasteiger partial charge in [-0.2, -0.15) is 0 Å².